The van der Waals surface area contributed by atoms with Crippen LogP contribution in [0.5, 0.6) is 0 Å². The van der Waals surface area contributed by atoms with Crippen molar-refractivity contribution in [3.8, 4) is 0 Å². The van der Waals surface area contributed by atoms with E-state index in [9.17, 15) is 14.4 Å². The van der Waals surface area contributed by atoms with Crippen LogP contribution < -0.4 is 5.56 Å². The molecule has 20 heavy (non-hydrogen) atoms. The third-order valence-corrected chi connectivity index (χ3v) is 3.59. The van der Waals surface area contributed by atoms with Gasteiger partial charge in [0.2, 0.25) is 11.8 Å². The SMILES string of the molecule is CC(=O)N1CCN(C(=O)Cn2cccc(C)c2=O)CC1. The number of carbonyl (C=O) groups is 2. The highest BCUT2D eigenvalue weighted by Crippen LogP contribution is 2.03. The molecule has 0 saturated carbocycles. The molecule has 1 aromatic rings. The quantitative estimate of drug-likeness (QED) is 0.755. The molecule has 2 heterocycles. The van der Waals surface area contributed by atoms with E-state index in [0.29, 0.717) is 31.7 Å². The highest BCUT2D eigenvalue weighted by molar-refractivity contribution is 5.77. The monoisotopic (exact) mass is 277 g/mol. The number of aromatic nitrogens is 1. The lowest BCUT2D eigenvalue weighted by Crippen LogP contribution is -2.51. The van der Waals surface area contributed by atoms with Crippen LogP contribution in [-0.4, -0.2) is 52.4 Å². The van der Waals surface area contributed by atoms with E-state index in [0.717, 1.165) is 0 Å². The Kier molecular flexibility index (Phi) is 4.22. The van der Waals surface area contributed by atoms with Gasteiger partial charge in [0.05, 0.1) is 0 Å². The summed E-state index contributed by atoms with van der Waals surface area (Å²) in [5, 5.41) is 0. The number of rotatable bonds is 2. The van der Waals surface area contributed by atoms with Gasteiger partial charge < -0.3 is 14.4 Å². The maximum absolute atomic E-state index is 12.2. The van der Waals surface area contributed by atoms with Crippen molar-refractivity contribution in [2.24, 2.45) is 0 Å². The molecule has 6 heteroatoms. The minimum Gasteiger partial charge on any atom is -0.339 e. The van der Waals surface area contributed by atoms with Crippen LogP contribution in [0.1, 0.15) is 12.5 Å². The summed E-state index contributed by atoms with van der Waals surface area (Å²) in [6.07, 6.45) is 1.62. The van der Waals surface area contributed by atoms with E-state index >= 15 is 0 Å². The fourth-order valence-corrected chi connectivity index (χ4v) is 2.30. The Hall–Kier alpha value is -2.11. The first-order valence-corrected chi connectivity index (χ1v) is 6.68. The number of carbonyl (C=O) groups excluding carboxylic acids is 2. The minimum absolute atomic E-state index is 0.0343. The highest BCUT2D eigenvalue weighted by Gasteiger charge is 2.22. The molecule has 1 aromatic heterocycles. The van der Waals surface area contributed by atoms with Crippen molar-refractivity contribution in [3.05, 3.63) is 34.2 Å². The molecule has 1 fully saturated rings. The van der Waals surface area contributed by atoms with Crippen LogP contribution in [0.2, 0.25) is 0 Å². The number of pyridine rings is 1. The van der Waals surface area contributed by atoms with Gasteiger partial charge in [0.1, 0.15) is 6.54 Å². The Morgan fingerprint density at radius 1 is 1.15 bits per heavy atom. The van der Waals surface area contributed by atoms with E-state index in [1.54, 1.807) is 35.1 Å². The molecule has 0 N–H and O–H groups in total. The van der Waals surface area contributed by atoms with Gasteiger partial charge in [-0.15, -0.1) is 0 Å². The molecule has 2 amide bonds. The number of hydrogen-bond acceptors (Lipinski definition) is 3. The van der Waals surface area contributed by atoms with Crippen molar-refractivity contribution in [1.29, 1.82) is 0 Å². The van der Waals surface area contributed by atoms with Crippen molar-refractivity contribution in [3.63, 3.8) is 0 Å². The maximum Gasteiger partial charge on any atom is 0.253 e. The summed E-state index contributed by atoms with van der Waals surface area (Å²) >= 11 is 0. The van der Waals surface area contributed by atoms with Gasteiger partial charge in [0, 0.05) is 44.9 Å². The minimum atomic E-state index is -0.136. The molecule has 0 spiro atoms. The van der Waals surface area contributed by atoms with Crippen LogP contribution in [-0.2, 0) is 16.1 Å². The average Bonchev–Trinajstić information content (AvgIpc) is 2.44. The predicted molar refractivity (Wildman–Crippen MR) is 74.3 cm³/mol. The topological polar surface area (TPSA) is 62.6 Å². The molecule has 0 atom stereocenters. The van der Waals surface area contributed by atoms with E-state index < -0.39 is 0 Å². The van der Waals surface area contributed by atoms with Crippen molar-refractivity contribution in [2.75, 3.05) is 26.2 Å². The molecule has 0 aromatic carbocycles. The van der Waals surface area contributed by atoms with Gasteiger partial charge in [-0.2, -0.15) is 0 Å². The van der Waals surface area contributed by atoms with Crippen LogP contribution in [0.15, 0.2) is 23.1 Å². The summed E-state index contributed by atoms with van der Waals surface area (Å²) in [4.78, 5) is 38.7. The first-order chi connectivity index (χ1) is 9.49. The molecule has 0 unspecified atom stereocenters. The molecule has 0 bridgehead atoms. The zero-order chi connectivity index (χ0) is 14.7. The van der Waals surface area contributed by atoms with Crippen molar-refractivity contribution in [1.82, 2.24) is 14.4 Å². The van der Waals surface area contributed by atoms with Crippen molar-refractivity contribution in [2.45, 2.75) is 20.4 Å². The second kappa shape index (κ2) is 5.90. The van der Waals surface area contributed by atoms with Gasteiger partial charge in [-0.1, -0.05) is 6.07 Å². The van der Waals surface area contributed by atoms with Crippen LogP contribution in [0.3, 0.4) is 0 Å². The van der Waals surface area contributed by atoms with Crippen molar-refractivity contribution >= 4 is 11.8 Å². The third kappa shape index (κ3) is 3.07. The molecule has 6 nitrogen and oxygen atoms in total. The third-order valence-electron chi connectivity index (χ3n) is 3.59. The smallest absolute Gasteiger partial charge is 0.253 e. The number of amides is 2. The second-order valence-electron chi connectivity index (χ2n) is 5.01. The van der Waals surface area contributed by atoms with E-state index in [1.165, 1.54) is 11.5 Å². The first kappa shape index (κ1) is 14.3. The van der Waals surface area contributed by atoms with E-state index in [4.69, 9.17) is 0 Å². The molecule has 0 aliphatic carbocycles. The number of piperazine rings is 1. The normalized spacial score (nSPS) is 15.3. The Morgan fingerprint density at radius 2 is 1.75 bits per heavy atom. The largest absolute Gasteiger partial charge is 0.339 e. The predicted octanol–water partition coefficient (Wildman–Crippen LogP) is -0.153. The van der Waals surface area contributed by atoms with E-state index in [-0.39, 0.29) is 23.9 Å². The molecule has 1 saturated heterocycles. The summed E-state index contributed by atoms with van der Waals surface area (Å²) in [6.45, 7) is 5.49. The lowest BCUT2D eigenvalue weighted by molar-refractivity contribution is -0.138. The first-order valence-electron chi connectivity index (χ1n) is 6.68. The van der Waals surface area contributed by atoms with Crippen molar-refractivity contribution < 1.29 is 9.59 Å². The van der Waals surface area contributed by atoms with Gasteiger partial charge in [-0.3, -0.25) is 14.4 Å². The standard InChI is InChI=1S/C14H19N3O3/c1-11-4-3-5-17(14(11)20)10-13(19)16-8-6-15(7-9-16)12(2)18/h3-5H,6-10H2,1-2H3. The van der Waals surface area contributed by atoms with Gasteiger partial charge in [0.15, 0.2) is 0 Å². The van der Waals surface area contributed by atoms with Crippen LogP contribution >= 0.6 is 0 Å². The lowest BCUT2D eigenvalue weighted by atomic mass is 10.3. The summed E-state index contributed by atoms with van der Waals surface area (Å²) in [7, 11) is 0. The molecule has 1 aliphatic rings. The molecular weight excluding hydrogens is 258 g/mol. The Bertz CT molecular complexity index is 571. The Morgan fingerprint density at radius 3 is 2.35 bits per heavy atom. The highest BCUT2D eigenvalue weighted by atomic mass is 16.2. The number of aryl methyl sites for hydroxylation is 1. The summed E-state index contributed by atoms with van der Waals surface area (Å²) in [6, 6.07) is 3.49. The van der Waals surface area contributed by atoms with Crippen LogP contribution in [0.25, 0.3) is 0 Å². The summed E-state index contributed by atoms with van der Waals surface area (Å²) < 4.78 is 1.43. The van der Waals surface area contributed by atoms with Gasteiger partial charge in [-0.25, -0.2) is 0 Å². The summed E-state index contributed by atoms with van der Waals surface area (Å²) in [5.74, 6) is -0.0482. The number of hydrogen-bond donors (Lipinski definition) is 0. The van der Waals surface area contributed by atoms with Crippen LogP contribution in [0.4, 0.5) is 0 Å². The van der Waals surface area contributed by atoms with E-state index in [1.807, 2.05) is 0 Å². The fourth-order valence-electron chi connectivity index (χ4n) is 2.30. The Labute approximate surface area is 117 Å². The molecule has 2 rings (SSSR count). The van der Waals surface area contributed by atoms with Gasteiger partial charge >= 0.3 is 0 Å². The molecule has 1 aliphatic heterocycles. The molecular formula is C14H19N3O3. The number of nitrogens with zero attached hydrogens (tertiary/aromatic N) is 3. The van der Waals surface area contributed by atoms with E-state index in [2.05, 4.69) is 0 Å². The zero-order valence-corrected chi connectivity index (χ0v) is 11.8. The molecule has 108 valence electrons. The summed E-state index contributed by atoms with van der Waals surface area (Å²) in [5.41, 5.74) is 0.491. The second-order valence-corrected chi connectivity index (χ2v) is 5.01. The van der Waals surface area contributed by atoms with Crippen LogP contribution in [0, 0.1) is 6.92 Å². The average molecular weight is 277 g/mol. The van der Waals surface area contributed by atoms with Gasteiger partial charge in [0.25, 0.3) is 5.56 Å². The molecule has 0 radical (unpaired) electrons. The Balaban J connectivity index is 1.98. The zero-order valence-electron chi connectivity index (χ0n) is 11.8. The van der Waals surface area contributed by atoms with Gasteiger partial charge in [-0.05, 0) is 13.0 Å². The fraction of sp³-hybridized carbons (Fsp3) is 0.500. The maximum atomic E-state index is 12.2. The lowest BCUT2D eigenvalue weighted by Gasteiger charge is -2.34.